The quantitative estimate of drug-likeness (QED) is 0.616. The first kappa shape index (κ1) is 24.6. The summed E-state index contributed by atoms with van der Waals surface area (Å²) in [7, 11) is 0. The van der Waals surface area contributed by atoms with Crippen molar-refractivity contribution < 1.29 is 19.1 Å². The van der Waals surface area contributed by atoms with Crippen LogP contribution in [0.25, 0.3) is 0 Å². The molecule has 0 bridgehead atoms. The van der Waals surface area contributed by atoms with Crippen molar-refractivity contribution >= 4 is 11.8 Å². The smallest absolute Gasteiger partial charge is 0.253 e. The monoisotopic (exact) mass is 452 g/mol. The predicted octanol–water partition coefficient (Wildman–Crippen LogP) is 4.31. The Morgan fingerprint density at radius 2 is 1.70 bits per heavy atom. The zero-order valence-corrected chi connectivity index (χ0v) is 20.3. The lowest BCUT2D eigenvalue weighted by molar-refractivity contribution is -0.126. The van der Waals surface area contributed by atoms with Gasteiger partial charge in [0.15, 0.2) is 11.5 Å². The maximum Gasteiger partial charge on any atom is 0.253 e. The van der Waals surface area contributed by atoms with Gasteiger partial charge in [-0.2, -0.15) is 0 Å². The number of likely N-dealkylation sites (tertiary alicyclic amines) is 1. The molecule has 6 nitrogen and oxygen atoms in total. The first-order valence-electron chi connectivity index (χ1n) is 11.9. The van der Waals surface area contributed by atoms with Crippen molar-refractivity contribution in [3.05, 3.63) is 58.7 Å². The van der Waals surface area contributed by atoms with Crippen molar-refractivity contribution in [3.8, 4) is 11.5 Å². The highest BCUT2D eigenvalue weighted by Crippen LogP contribution is 2.28. The summed E-state index contributed by atoms with van der Waals surface area (Å²) in [6, 6.07) is 11.8. The predicted molar refractivity (Wildman–Crippen MR) is 130 cm³/mol. The van der Waals surface area contributed by atoms with Crippen LogP contribution in [-0.2, 0) is 11.2 Å². The number of piperidine rings is 1. The number of nitrogens with one attached hydrogen (secondary N) is 1. The lowest BCUT2D eigenvalue weighted by atomic mass is 9.96. The summed E-state index contributed by atoms with van der Waals surface area (Å²) in [5.74, 6) is 1.33. The van der Waals surface area contributed by atoms with E-state index in [9.17, 15) is 9.59 Å². The Hall–Kier alpha value is -3.02. The maximum absolute atomic E-state index is 13.0. The van der Waals surface area contributed by atoms with Gasteiger partial charge in [0.2, 0.25) is 5.91 Å². The molecule has 2 aromatic carbocycles. The topological polar surface area (TPSA) is 67.9 Å². The standard InChI is InChI=1S/C27H36N2O4/c1-5-32-24-10-9-21(17-25(24)33-6-2)11-12-28-26(30)22-8-7-13-29(18-22)27(31)23-15-19(3)14-20(4)16-23/h9-10,14-17,22H,5-8,11-13,18H2,1-4H3,(H,28,30)/t22-/m1/s1. The highest BCUT2D eigenvalue weighted by Gasteiger charge is 2.29. The van der Waals surface area contributed by atoms with Crippen LogP contribution in [0.3, 0.4) is 0 Å². The van der Waals surface area contributed by atoms with Crippen molar-refractivity contribution in [2.24, 2.45) is 5.92 Å². The van der Waals surface area contributed by atoms with Gasteiger partial charge in [0.1, 0.15) is 0 Å². The highest BCUT2D eigenvalue weighted by atomic mass is 16.5. The van der Waals surface area contributed by atoms with E-state index in [0.29, 0.717) is 44.8 Å². The van der Waals surface area contributed by atoms with Crippen molar-refractivity contribution in [1.29, 1.82) is 0 Å². The van der Waals surface area contributed by atoms with E-state index in [4.69, 9.17) is 9.47 Å². The van der Waals surface area contributed by atoms with Crippen molar-refractivity contribution in [2.75, 3.05) is 32.8 Å². The number of carbonyl (C=O) groups is 2. The van der Waals surface area contributed by atoms with Crippen LogP contribution in [0.15, 0.2) is 36.4 Å². The molecule has 0 spiro atoms. The number of aryl methyl sites for hydroxylation is 2. The molecule has 6 heteroatoms. The zero-order valence-electron chi connectivity index (χ0n) is 20.3. The first-order chi connectivity index (χ1) is 15.9. The number of nitrogens with zero attached hydrogens (tertiary/aromatic N) is 1. The first-order valence-corrected chi connectivity index (χ1v) is 11.9. The molecule has 3 rings (SSSR count). The SMILES string of the molecule is CCOc1ccc(CCNC(=O)[C@@H]2CCCN(C(=O)c3cc(C)cc(C)c3)C2)cc1OCC. The van der Waals surface area contributed by atoms with E-state index in [-0.39, 0.29) is 17.7 Å². The molecule has 178 valence electrons. The number of hydrogen-bond donors (Lipinski definition) is 1. The second-order valence-corrected chi connectivity index (χ2v) is 8.65. The summed E-state index contributed by atoms with van der Waals surface area (Å²) in [6.45, 7) is 10.7. The van der Waals surface area contributed by atoms with Crippen LogP contribution in [0.4, 0.5) is 0 Å². The number of ether oxygens (including phenoxy) is 2. The molecular weight excluding hydrogens is 416 g/mol. The van der Waals surface area contributed by atoms with E-state index in [1.807, 2.05) is 62.9 Å². The minimum absolute atomic E-state index is 0.0112. The highest BCUT2D eigenvalue weighted by molar-refractivity contribution is 5.95. The molecule has 2 amide bonds. The summed E-state index contributed by atoms with van der Waals surface area (Å²) in [6.07, 6.45) is 2.35. The summed E-state index contributed by atoms with van der Waals surface area (Å²) in [4.78, 5) is 27.6. The van der Waals surface area contributed by atoms with Gasteiger partial charge in [0.25, 0.3) is 5.91 Å². The molecule has 1 atom stereocenters. The third-order valence-corrected chi connectivity index (χ3v) is 5.87. The van der Waals surface area contributed by atoms with Crippen LogP contribution in [0.2, 0.25) is 0 Å². The Balaban J connectivity index is 1.54. The summed E-state index contributed by atoms with van der Waals surface area (Å²) in [5, 5.41) is 3.06. The van der Waals surface area contributed by atoms with Crippen LogP contribution < -0.4 is 14.8 Å². The van der Waals surface area contributed by atoms with E-state index >= 15 is 0 Å². The summed E-state index contributed by atoms with van der Waals surface area (Å²) < 4.78 is 11.3. The molecule has 1 fully saturated rings. The van der Waals surface area contributed by atoms with Gasteiger partial charge >= 0.3 is 0 Å². The minimum atomic E-state index is -0.173. The van der Waals surface area contributed by atoms with Crippen molar-refractivity contribution in [2.45, 2.75) is 47.0 Å². The van der Waals surface area contributed by atoms with Crippen LogP contribution >= 0.6 is 0 Å². The maximum atomic E-state index is 13.0. The number of rotatable bonds is 9. The van der Waals surface area contributed by atoms with Crippen LogP contribution in [0, 0.1) is 19.8 Å². The number of carbonyl (C=O) groups excluding carboxylic acids is 2. The fourth-order valence-electron chi connectivity index (χ4n) is 4.38. The van der Waals surface area contributed by atoms with E-state index in [1.54, 1.807) is 0 Å². The fraction of sp³-hybridized carbons (Fsp3) is 0.481. The van der Waals surface area contributed by atoms with Gasteiger partial charge in [-0.05, 0) is 76.8 Å². The Kier molecular flexibility index (Phi) is 8.75. The largest absolute Gasteiger partial charge is 0.490 e. The minimum Gasteiger partial charge on any atom is -0.490 e. The summed E-state index contributed by atoms with van der Waals surface area (Å²) in [5.41, 5.74) is 3.93. The lowest BCUT2D eigenvalue weighted by Crippen LogP contribution is -2.45. The molecule has 1 aliphatic rings. The van der Waals surface area contributed by atoms with Gasteiger partial charge in [-0.15, -0.1) is 0 Å². The number of hydrogen-bond acceptors (Lipinski definition) is 4. The molecule has 1 N–H and O–H groups in total. The molecule has 0 saturated carbocycles. The Bertz CT molecular complexity index is 952. The van der Waals surface area contributed by atoms with Crippen LogP contribution in [0.5, 0.6) is 11.5 Å². The Morgan fingerprint density at radius 1 is 1.00 bits per heavy atom. The normalized spacial score (nSPS) is 15.8. The number of benzene rings is 2. The molecule has 0 aliphatic carbocycles. The molecule has 0 aromatic heterocycles. The second-order valence-electron chi connectivity index (χ2n) is 8.65. The molecule has 1 aliphatic heterocycles. The number of amides is 2. The van der Waals surface area contributed by atoms with Gasteiger partial charge < -0.3 is 19.7 Å². The molecule has 33 heavy (non-hydrogen) atoms. The average molecular weight is 453 g/mol. The van der Waals surface area contributed by atoms with Crippen molar-refractivity contribution in [3.63, 3.8) is 0 Å². The third kappa shape index (κ3) is 6.73. The van der Waals surface area contributed by atoms with Gasteiger partial charge in [0, 0.05) is 25.2 Å². The van der Waals surface area contributed by atoms with Gasteiger partial charge in [-0.1, -0.05) is 23.3 Å². The summed E-state index contributed by atoms with van der Waals surface area (Å²) >= 11 is 0. The van der Waals surface area contributed by atoms with Gasteiger partial charge in [-0.3, -0.25) is 9.59 Å². The lowest BCUT2D eigenvalue weighted by Gasteiger charge is -2.32. The Labute approximate surface area is 197 Å². The molecular formula is C27H36N2O4. The second kappa shape index (κ2) is 11.7. The average Bonchev–Trinajstić information content (AvgIpc) is 2.80. The molecule has 1 heterocycles. The van der Waals surface area contributed by atoms with Crippen LogP contribution in [-0.4, -0.2) is 49.6 Å². The van der Waals surface area contributed by atoms with E-state index in [1.165, 1.54) is 0 Å². The van der Waals surface area contributed by atoms with Gasteiger partial charge in [0.05, 0.1) is 19.1 Å². The van der Waals surface area contributed by atoms with E-state index < -0.39 is 0 Å². The molecule has 2 aromatic rings. The van der Waals surface area contributed by atoms with Gasteiger partial charge in [-0.25, -0.2) is 0 Å². The molecule has 0 radical (unpaired) electrons. The third-order valence-electron chi connectivity index (χ3n) is 5.87. The van der Waals surface area contributed by atoms with Crippen LogP contribution in [0.1, 0.15) is 53.7 Å². The fourth-order valence-corrected chi connectivity index (χ4v) is 4.38. The van der Waals surface area contributed by atoms with Crippen molar-refractivity contribution in [1.82, 2.24) is 10.2 Å². The molecule has 0 unspecified atom stereocenters. The molecule has 1 saturated heterocycles. The zero-order chi connectivity index (χ0) is 23.8. The van der Waals surface area contributed by atoms with E-state index in [2.05, 4.69) is 11.4 Å². The Morgan fingerprint density at radius 3 is 2.39 bits per heavy atom. The van der Waals surface area contributed by atoms with E-state index in [0.717, 1.165) is 41.0 Å².